The van der Waals surface area contributed by atoms with Crippen molar-refractivity contribution in [2.45, 2.75) is 38.7 Å². The van der Waals surface area contributed by atoms with Crippen molar-refractivity contribution in [2.24, 2.45) is 0 Å². The van der Waals surface area contributed by atoms with Crippen molar-refractivity contribution in [1.29, 1.82) is 0 Å². The van der Waals surface area contributed by atoms with Crippen LogP contribution in [-0.2, 0) is 9.53 Å². The van der Waals surface area contributed by atoms with Crippen LogP contribution in [0.5, 0.6) is 0 Å². The van der Waals surface area contributed by atoms with Crippen molar-refractivity contribution < 1.29 is 14.6 Å². The van der Waals surface area contributed by atoms with E-state index in [4.69, 9.17) is 9.84 Å². The summed E-state index contributed by atoms with van der Waals surface area (Å²) in [6, 6.07) is 0. The van der Waals surface area contributed by atoms with Gasteiger partial charge >= 0.3 is 5.97 Å². The van der Waals surface area contributed by atoms with Crippen molar-refractivity contribution in [3.8, 4) is 0 Å². The third kappa shape index (κ3) is 5.85. The van der Waals surface area contributed by atoms with Crippen LogP contribution in [0.4, 0.5) is 0 Å². The average Bonchev–Trinajstić information content (AvgIpc) is 1.97. The lowest BCUT2D eigenvalue weighted by molar-refractivity contribution is -0.137. The second-order valence-corrected chi connectivity index (χ2v) is 2.58. The highest BCUT2D eigenvalue weighted by Gasteiger charge is 2.07. The van der Waals surface area contributed by atoms with E-state index in [9.17, 15) is 4.79 Å². The van der Waals surface area contributed by atoms with Gasteiger partial charge in [-0.1, -0.05) is 13.3 Å². The molecule has 1 atom stereocenters. The monoisotopic (exact) mass is 160 g/mol. The lowest BCUT2D eigenvalue weighted by Gasteiger charge is -2.11. The molecule has 0 aromatic rings. The largest absolute Gasteiger partial charge is 0.481 e. The summed E-state index contributed by atoms with van der Waals surface area (Å²) >= 11 is 0. The van der Waals surface area contributed by atoms with E-state index in [-0.39, 0.29) is 12.5 Å². The van der Waals surface area contributed by atoms with Crippen LogP contribution in [0.25, 0.3) is 0 Å². The lowest BCUT2D eigenvalue weighted by Crippen LogP contribution is -2.12. The van der Waals surface area contributed by atoms with E-state index < -0.39 is 5.97 Å². The minimum absolute atomic E-state index is 0.121. The normalized spacial score (nSPS) is 12.9. The van der Waals surface area contributed by atoms with Crippen molar-refractivity contribution in [3.63, 3.8) is 0 Å². The molecule has 0 aliphatic carbocycles. The summed E-state index contributed by atoms with van der Waals surface area (Å²) in [7, 11) is 1.63. The molecule has 0 aliphatic rings. The Labute approximate surface area is 67.4 Å². The molecule has 0 radical (unpaired) electrons. The third-order valence-corrected chi connectivity index (χ3v) is 1.62. The first kappa shape index (κ1) is 10.4. The van der Waals surface area contributed by atoms with Gasteiger partial charge in [-0.05, 0) is 12.8 Å². The molecule has 0 fully saturated rings. The molecule has 0 heterocycles. The molecule has 3 nitrogen and oxygen atoms in total. The molecule has 0 unspecified atom stereocenters. The second-order valence-electron chi connectivity index (χ2n) is 2.58. The first-order valence-electron chi connectivity index (χ1n) is 3.95. The van der Waals surface area contributed by atoms with Crippen molar-refractivity contribution in [1.82, 2.24) is 0 Å². The number of hydrogen-bond acceptors (Lipinski definition) is 2. The third-order valence-electron chi connectivity index (χ3n) is 1.62. The maximum atomic E-state index is 10.2. The number of rotatable bonds is 6. The summed E-state index contributed by atoms with van der Waals surface area (Å²) in [4.78, 5) is 10.2. The second kappa shape index (κ2) is 6.16. The molecule has 66 valence electrons. The van der Waals surface area contributed by atoms with Crippen molar-refractivity contribution in [2.75, 3.05) is 7.11 Å². The van der Waals surface area contributed by atoms with Crippen LogP contribution >= 0.6 is 0 Å². The Morgan fingerprint density at radius 3 is 2.55 bits per heavy atom. The zero-order valence-electron chi connectivity index (χ0n) is 7.17. The fraction of sp³-hybridized carbons (Fsp3) is 0.875. The van der Waals surface area contributed by atoms with Crippen LogP contribution in [-0.4, -0.2) is 24.3 Å². The van der Waals surface area contributed by atoms with E-state index >= 15 is 0 Å². The number of ether oxygens (including phenoxy) is 1. The van der Waals surface area contributed by atoms with E-state index in [1.807, 2.05) is 0 Å². The van der Waals surface area contributed by atoms with E-state index in [1.54, 1.807) is 7.11 Å². The Hall–Kier alpha value is -0.570. The van der Waals surface area contributed by atoms with Gasteiger partial charge in [0.05, 0.1) is 6.10 Å². The highest BCUT2D eigenvalue weighted by atomic mass is 16.5. The number of carboxylic acid groups (broad SMARTS) is 1. The van der Waals surface area contributed by atoms with E-state index in [1.165, 1.54) is 0 Å². The standard InChI is InChI=1S/C8H16O3/c1-3-4-7(11-2)5-6-8(9)10/h7H,3-6H2,1-2H3,(H,9,10)/t7-/m0/s1. The number of aliphatic carboxylic acids is 1. The molecule has 0 aromatic heterocycles. The minimum atomic E-state index is -0.747. The fourth-order valence-electron chi connectivity index (χ4n) is 0.986. The molecule has 0 rings (SSSR count). The zero-order chi connectivity index (χ0) is 8.69. The fourth-order valence-corrected chi connectivity index (χ4v) is 0.986. The van der Waals surface area contributed by atoms with Gasteiger partial charge in [0.15, 0.2) is 0 Å². The molecule has 0 spiro atoms. The van der Waals surface area contributed by atoms with E-state index in [0.29, 0.717) is 6.42 Å². The SMILES string of the molecule is CCC[C@@H](CCC(=O)O)OC. The first-order chi connectivity index (χ1) is 5.20. The lowest BCUT2D eigenvalue weighted by atomic mass is 10.1. The van der Waals surface area contributed by atoms with Crippen LogP contribution in [0.1, 0.15) is 32.6 Å². The summed E-state index contributed by atoms with van der Waals surface area (Å²) in [5.74, 6) is -0.747. The topological polar surface area (TPSA) is 46.5 Å². The molecule has 0 amide bonds. The van der Waals surface area contributed by atoms with Gasteiger partial charge in [-0.2, -0.15) is 0 Å². The van der Waals surface area contributed by atoms with E-state index in [0.717, 1.165) is 12.8 Å². The maximum absolute atomic E-state index is 10.2. The summed E-state index contributed by atoms with van der Waals surface area (Å²) in [5, 5.41) is 8.37. The van der Waals surface area contributed by atoms with Crippen LogP contribution in [0, 0.1) is 0 Å². The smallest absolute Gasteiger partial charge is 0.303 e. The maximum Gasteiger partial charge on any atom is 0.303 e. The van der Waals surface area contributed by atoms with Gasteiger partial charge in [0.1, 0.15) is 0 Å². The molecule has 0 aromatic carbocycles. The van der Waals surface area contributed by atoms with E-state index in [2.05, 4.69) is 6.92 Å². The average molecular weight is 160 g/mol. The Morgan fingerprint density at radius 2 is 2.18 bits per heavy atom. The molecule has 11 heavy (non-hydrogen) atoms. The number of carboxylic acids is 1. The molecule has 3 heteroatoms. The molecule has 0 saturated carbocycles. The minimum Gasteiger partial charge on any atom is -0.481 e. The summed E-state index contributed by atoms with van der Waals surface area (Å²) in [5.41, 5.74) is 0. The predicted octanol–water partition coefficient (Wildman–Crippen LogP) is 1.67. The highest BCUT2D eigenvalue weighted by molar-refractivity contribution is 5.66. The van der Waals surface area contributed by atoms with Crippen LogP contribution in [0.3, 0.4) is 0 Å². The first-order valence-corrected chi connectivity index (χ1v) is 3.95. The molecule has 0 bridgehead atoms. The van der Waals surface area contributed by atoms with Gasteiger partial charge in [0.2, 0.25) is 0 Å². The molecule has 0 saturated heterocycles. The Balaban J connectivity index is 3.43. The number of hydrogen-bond donors (Lipinski definition) is 1. The number of methoxy groups -OCH3 is 1. The van der Waals surface area contributed by atoms with Crippen LogP contribution in [0.15, 0.2) is 0 Å². The van der Waals surface area contributed by atoms with Gasteiger partial charge in [0.25, 0.3) is 0 Å². The molecule has 1 N–H and O–H groups in total. The van der Waals surface area contributed by atoms with Gasteiger partial charge in [-0.25, -0.2) is 0 Å². The van der Waals surface area contributed by atoms with Crippen LogP contribution < -0.4 is 0 Å². The number of carbonyl (C=O) groups is 1. The van der Waals surface area contributed by atoms with Crippen LogP contribution in [0.2, 0.25) is 0 Å². The summed E-state index contributed by atoms with van der Waals surface area (Å²) < 4.78 is 5.08. The van der Waals surface area contributed by atoms with Gasteiger partial charge in [-0.3, -0.25) is 4.79 Å². The Kier molecular flexibility index (Phi) is 5.84. The zero-order valence-corrected chi connectivity index (χ0v) is 7.17. The van der Waals surface area contributed by atoms with Crippen molar-refractivity contribution >= 4 is 5.97 Å². The quantitative estimate of drug-likeness (QED) is 0.642. The van der Waals surface area contributed by atoms with Gasteiger partial charge < -0.3 is 9.84 Å². The highest BCUT2D eigenvalue weighted by Crippen LogP contribution is 2.07. The molecular formula is C8H16O3. The van der Waals surface area contributed by atoms with Gasteiger partial charge in [0, 0.05) is 13.5 Å². The Bertz CT molecular complexity index is 112. The summed E-state index contributed by atoms with van der Waals surface area (Å²) in [6.45, 7) is 2.06. The Morgan fingerprint density at radius 1 is 1.55 bits per heavy atom. The predicted molar refractivity (Wildman–Crippen MR) is 42.6 cm³/mol. The van der Waals surface area contributed by atoms with Crippen molar-refractivity contribution in [3.05, 3.63) is 0 Å². The summed E-state index contributed by atoms with van der Waals surface area (Å²) in [6.07, 6.45) is 2.94. The molecular weight excluding hydrogens is 144 g/mol. The molecule has 0 aliphatic heterocycles. The van der Waals surface area contributed by atoms with Gasteiger partial charge in [-0.15, -0.1) is 0 Å².